The van der Waals surface area contributed by atoms with Gasteiger partial charge in [-0.3, -0.25) is 0 Å². The van der Waals surface area contributed by atoms with Gasteiger partial charge in [0.05, 0.1) is 12.1 Å². The van der Waals surface area contributed by atoms with Crippen LogP contribution in [-0.2, 0) is 0 Å². The average Bonchev–Trinajstić information content (AvgIpc) is 2.58. The Kier molecular flexibility index (Phi) is 4.35. The van der Waals surface area contributed by atoms with E-state index >= 15 is 0 Å². The van der Waals surface area contributed by atoms with Crippen molar-refractivity contribution < 1.29 is 5.11 Å². The fourth-order valence-electron chi connectivity index (χ4n) is 1.13. The van der Waals surface area contributed by atoms with Crippen molar-refractivity contribution in [1.29, 1.82) is 0 Å². The van der Waals surface area contributed by atoms with E-state index in [0.29, 0.717) is 6.54 Å². The van der Waals surface area contributed by atoms with Gasteiger partial charge in [0, 0.05) is 18.1 Å². The molecular weight excluding hydrogens is 184 g/mol. The van der Waals surface area contributed by atoms with E-state index in [-0.39, 0.29) is 12.1 Å². The highest BCUT2D eigenvalue weighted by atomic mass is 32.1. The minimum atomic E-state index is -0.297. The fraction of sp³-hybridized carbons (Fsp3) is 0.667. The summed E-state index contributed by atoms with van der Waals surface area (Å²) in [5.41, 5.74) is 0. The molecular formula is C9H16N2OS. The van der Waals surface area contributed by atoms with Crippen LogP contribution in [0, 0.1) is 0 Å². The Morgan fingerprint density at radius 2 is 2.46 bits per heavy atom. The van der Waals surface area contributed by atoms with E-state index in [0.717, 1.165) is 11.4 Å². The van der Waals surface area contributed by atoms with Crippen LogP contribution in [0.25, 0.3) is 0 Å². The molecule has 0 aliphatic rings. The number of rotatable bonds is 5. The Hall–Kier alpha value is -0.450. The molecule has 1 aromatic heterocycles. The van der Waals surface area contributed by atoms with Crippen molar-refractivity contribution in [3.05, 3.63) is 16.6 Å². The normalized spacial score (nSPS) is 15.6. The van der Waals surface area contributed by atoms with Crippen molar-refractivity contribution in [2.75, 3.05) is 6.54 Å². The maximum absolute atomic E-state index is 9.11. The summed E-state index contributed by atoms with van der Waals surface area (Å²) in [6, 6.07) is 0.287. The Labute approximate surface area is 82.8 Å². The molecule has 0 saturated carbocycles. The van der Waals surface area contributed by atoms with Crippen LogP contribution in [-0.4, -0.2) is 22.7 Å². The van der Waals surface area contributed by atoms with Crippen LogP contribution in [0.4, 0.5) is 0 Å². The van der Waals surface area contributed by atoms with E-state index in [1.54, 1.807) is 18.3 Å². The first-order valence-electron chi connectivity index (χ1n) is 4.55. The molecule has 4 heteroatoms. The molecule has 2 unspecified atom stereocenters. The van der Waals surface area contributed by atoms with Gasteiger partial charge in [-0.25, -0.2) is 4.98 Å². The molecule has 0 aromatic carbocycles. The smallest absolute Gasteiger partial charge is 0.109 e. The number of hydrogen-bond donors (Lipinski definition) is 2. The highest BCUT2D eigenvalue weighted by Gasteiger charge is 2.11. The molecule has 1 heterocycles. The number of aromatic nitrogens is 1. The molecule has 3 nitrogen and oxygen atoms in total. The molecule has 0 aliphatic carbocycles. The van der Waals surface area contributed by atoms with Crippen LogP contribution in [0.5, 0.6) is 0 Å². The second kappa shape index (κ2) is 5.32. The monoisotopic (exact) mass is 200 g/mol. The third-order valence-electron chi connectivity index (χ3n) is 1.82. The second-order valence-corrected chi connectivity index (χ2v) is 4.01. The van der Waals surface area contributed by atoms with E-state index in [9.17, 15) is 0 Å². The van der Waals surface area contributed by atoms with Crippen LogP contribution >= 0.6 is 11.3 Å². The molecule has 0 radical (unpaired) electrons. The van der Waals surface area contributed by atoms with Gasteiger partial charge in [-0.05, 0) is 13.3 Å². The molecule has 2 atom stereocenters. The van der Waals surface area contributed by atoms with Crippen molar-refractivity contribution in [3.8, 4) is 0 Å². The molecule has 74 valence electrons. The summed E-state index contributed by atoms with van der Waals surface area (Å²) in [4.78, 5) is 4.24. The minimum Gasteiger partial charge on any atom is -0.392 e. The lowest BCUT2D eigenvalue weighted by Crippen LogP contribution is -2.28. The van der Waals surface area contributed by atoms with Crippen molar-refractivity contribution in [3.63, 3.8) is 0 Å². The number of nitrogens with one attached hydrogen (secondary N) is 1. The predicted octanol–water partition coefficient (Wildman–Crippen LogP) is 1.56. The first kappa shape index (κ1) is 10.6. The average molecular weight is 200 g/mol. The molecule has 1 aromatic rings. The Morgan fingerprint density at radius 1 is 1.69 bits per heavy atom. The van der Waals surface area contributed by atoms with Crippen molar-refractivity contribution in [2.45, 2.75) is 32.4 Å². The van der Waals surface area contributed by atoms with E-state index < -0.39 is 0 Å². The summed E-state index contributed by atoms with van der Waals surface area (Å²) in [7, 11) is 0. The Morgan fingerprint density at radius 3 is 2.92 bits per heavy atom. The van der Waals surface area contributed by atoms with Crippen LogP contribution in [0.15, 0.2) is 11.6 Å². The van der Waals surface area contributed by atoms with Gasteiger partial charge in [-0.15, -0.1) is 11.3 Å². The number of thiazole rings is 1. The largest absolute Gasteiger partial charge is 0.392 e. The quantitative estimate of drug-likeness (QED) is 0.758. The molecule has 2 N–H and O–H groups in total. The van der Waals surface area contributed by atoms with Crippen molar-refractivity contribution in [1.82, 2.24) is 10.3 Å². The van der Waals surface area contributed by atoms with Crippen LogP contribution in [0.1, 0.15) is 31.3 Å². The topological polar surface area (TPSA) is 45.1 Å². The molecule has 0 amide bonds. The van der Waals surface area contributed by atoms with Gasteiger partial charge in [0.15, 0.2) is 0 Å². The van der Waals surface area contributed by atoms with Gasteiger partial charge in [-0.1, -0.05) is 6.92 Å². The van der Waals surface area contributed by atoms with Gasteiger partial charge in [0.2, 0.25) is 0 Å². The van der Waals surface area contributed by atoms with Crippen molar-refractivity contribution in [2.24, 2.45) is 0 Å². The molecule has 0 spiro atoms. The fourth-order valence-corrected chi connectivity index (χ4v) is 1.92. The number of aliphatic hydroxyl groups excluding tert-OH is 1. The van der Waals surface area contributed by atoms with E-state index in [4.69, 9.17) is 5.11 Å². The summed E-state index contributed by atoms with van der Waals surface area (Å²) in [5.74, 6) is 0. The van der Waals surface area contributed by atoms with Gasteiger partial charge in [0.25, 0.3) is 0 Å². The van der Waals surface area contributed by atoms with Gasteiger partial charge < -0.3 is 10.4 Å². The van der Waals surface area contributed by atoms with Gasteiger partial charge in [0.1, 0.15) is 5.01 Å². The lowest BCUT2D eigenvalue weighted by atomic mass is 10.2. The van der Waals surface area contributed by atoms with Crippen LogP contribution in [0.3, 0.4) is 0 Å². The maximum atomic E-state index is 9.11. The predicted molar refractivity (Wildman–Crippen MR) is 54.8 cm³/mol. The zero-order valence-corrected chi connectivity index (χ0v) is 8.84. The third-order valence-corrected chi connectivity index (χ3v) is 2.71. The highest BCUT2D eigenvalue weighted by molar-refractivity contribution is 7.09. The maximum Gasteiger partial charge on any atom is 0.109 e. The SMILES string of the molecule is CCC(NCC(C)O)c1nccs1. The third kappa shape index (κ3) is 3.42. The lowest BCUT2D eigenvalue weighted by molar-refractivity contribution is 0.185. The van der Waals surface area contributed by atoms with Gasteiger partial charge in [-0.2, -0.15) is 0 Å². The zero-order chi connectivity index (χ0) is 9.68. The summed E-state index contributed by atoms with van der Waals surface area (Å²) < 4.78 is 0. The molecule has 0 fully saturated rings. The van der Waals surface area contributed by atoms with Crippen molar-refractivity contribution >= 4 is 11.3 Å². The van der Waals surface area contributed by atoms with Gasteiger partial charge >= 0.3 is 0 Å². The summed E-state index contributed by atoms with van der Waals surface area (Å²) in [6.45, 7) is 4.51. The molecule has 0 aliphatic heterocycles. The number of hydrogen-bond acceptors (Lipinski definition) is 4. The summed E-state index contributed by atoms with van der Waals surface area (Å²) in [5, 5.41) is 15.5. The molecule has 0 saturated heterocycles. The summed E-state index contributed by atoms with van der Waals surface area (Å²) in [6.07, 6.45) is 2.52. The standard InChI is InChI=1S/C9H16N2OS/c1-3-8(11-6-7(2)12)9-10-4-5-13-9/h4-5,7-8,11-12H,3,6H2,1-2H3. The first-order valence-corrected chi connectivity index (χ1v) is 5.42. The highest BCUT2D eigenvalue weighted by Crippen LogP contribution is 2.18. The van der Waals surface area contributed by atoms with Crippen LogP contribution < -0.4 is 5.32 Å². The van der Waals surface area contributed by atoms with E-state index in [1.165, 1.54) is 0 Å². The van der Waals surface area contributed by atoms with E-state index in [2.05, 4.69) is 17.2 Å². The lowest BCUT2D eigenvalue weighted by Gasteiger charge is -2.15. The number of nitrogens with zero attached hydrogens (tertiary/aromatic N) is 1. The van der Waals surface area contributed by atoms with E-state index in [1.807, 2.05) is 11.6 Å². The number of aliphatic hydroxyl groups is 1. The Balaban J connectivity index is 2.44. The second-order valence-electron chi connectivity index (χ2n) is 3.09. The van der Waals surface area contributed by atoms with Crippen LogP contribution in [0.2, 0.25) is 0 Å². The summed E-state index contributed by atoms with van der Waals surface area (Å²) >= 11 is 1.65. The molecule has 1 rings (SSSR count). The molecule has 13 heavy (non-hydrogen) atoms. The minimum absolute atomic E-state index is 0.287. The molecule has 0 bridgehead atoms. The first-order chi connectivity index (χ1) is 6.24. The zero-order valence-electron chi connectivity index (χ0n) is 8.03. The Bertz CT molecular complexity index is 224.